The lowest BCUT2D eigenvalue weighted by atomic mass is 9.81. The van der Waals surface area contributed by atoms with E-state index in [9.17, 15) is 0 Å². The average molecular weight is 444 g/mol. The monoisotopic (exact) mass is 443 g/mol. The van der Waals surface area contributed by atoms with E-state index < -0.39 is 0 Å². The Hall–Kier alpha value is -2.65. The van der Waals surface area contributed by atoms with Crippen molar-refractivity contribution in [2.45, 2.75) is 64.2 Å². The third-order valence-corrected chi connectivity index (χ3v) is 7.54. The fraction of sp³-hybridized carbons (Fsp3) is 0.433. The van der Waals surface area contributed by atoms with Crippen molar-refractivity contribution in [3.8, 4) is 0 Å². The second kappa shape index (κ2) is 9.30. The molecule has 0 radical (unpaired) electrons. The van der Waals surface area contributed by atoms with Gasteiger partial charge in [-0.3, -0.25) is 0 Å². The van der Waals surface area contributed by atoms with Gasteiger partial charge in [0.2, 0.25) is 5.69 Å². The Labute approximate surface area is 199 Å². The molecule has 4 rings (SSSR count). The molecule has 0 fully saturated rings. The molecule has 0 atom stereocenters. The molecule has 2 aliphatic heterocycles. The summed E-state index contributed by atoms with van der Waals surface area (Å²) in [6.07, 6.45) is 11.2. The summed E-state index contributed by atoms with van der Waals surface area (Å²) in [5.41, 5.74) is 8.06. The van der Waals surface area contributed by atoms with Crippen molar-refractivity contribution < 1.29 is 9.68 Å². The Morgan fingerprint density at radius 1 is 0.848 bits per heavy atom. The summed E-state index contributed by atoms with van der Waals surface area (Å²) in [4.78, 5) is 2.52. The minimum Gasteiger partial charge on any atom is -0.396 e. The molecule has 0 bridgehead atoms. The molecule has 3 nitrogen and oxygen atoms in total. The van der Waals surface area contributed by atoms with E-state index in [1.54, 1.807) is 0 Å². The van der Waals surface area contributed by atoms with Crippen LogP contribution in [0.2, 0.25) is 0 Å². The molecule has 2 aliphatic rings. The average Bonchev–Trinajstić information content (AvgIpc) is 3.13. The van der Waals surface area contributed by atoms with Crippen LogP contribution in [0.15, 0.2) is 72.5 Å². The zero-order chi connectivity index (χ0) is 23.6. The molecular weight excluding hydrogens is 404 g/mol. The van der Waals surface area contributed by atoms with E-state index in [1.165, 1.54) is 33.9 Å². The van der Waals surface area contributed by atoms with Crippen LogP contribution in [0.3, 0.4) is 0 Å². The highest BCUT2D eigenvalue weighted by Crippen LogP contribution is 2.47. The first-order valence-electron chi connectivity index (χ1n) is 12.4. The van der Waals surface area contributed by atoms with E-state index in [4.69, 9.17) is 5.11 Å². The molecule has 3 heteroatoms. The summed E-state index contributed by atoms with van der Waals surface area (Å²) >= 11 is 0. The van der Waals surface area contributed by atoms with E-state index >= 15 is 0 Å². The van der Waals surface area contributed by atoms with Crippen molar-refractivity contribution in [2.75, 3.05) is 25.1 Å². The fourth-order valence-corrected chi connectivity index (χ4v) is 5.65. The van der Waals surface area contributed by atoms with Gasteiger partial charge in [0, 0.05) is 47.7 Å². The summed E-state index contributed by atoms with van der Waals surface area (Å²) in [6.45, 7) is 10.6. The van der Waals surface area contributed by atoms with Gasteiger partial charge in [-0.1, -0.05) is 69.2 Å². The van der Waals surface area contributed by atoms with Crippen LogP contribution in [-0.2, 0) is 10.8 Å². The number of fused-ring (bicyclic) bond motifs is 2. The van der Waals surface area contributed by atoms with Crippen LogP contribution >= 0.6 is 0 Å². The van der Waals surface area contributed by atoms with Crippen molar-refractivity contribution in [3.05, 3.63) is 83.6 Å². The van der Waals surface area contributed by atoms with Gasteiger partial charge in [0.1, 0.15) is 7.05 Å². The molecule has 0 unspecified atom stereocenters. The van der Waals surface area contributed by atoms with Gasteiger partial charge < -0.3 is 10.0 Å². The molecule has 33 heavy (non-hydrogen) atoms. The van der Waals surface area contributed by atoms with Crippen molar-refractivity contribution in [3.63, 3.8) is 0 Å². The molecule has 0 saturated carbocycles. The second-order valence-electron chi connectivity index (χ2n) is 10.4. The van der Waals surface area contributed by atoms with Crippen molar-refractivity contribution in [1.29, 1.82) is 0 Å². The first-order valence-corrected chi connectivity index (χ1v) is 12.4. The van der Waals surface area contributed by atoms with E-state index in [0.29, 0.717) is 6.61 Å². The Morgan fingerprint density at radius 2 is 1.52 bits per heavy atom. The van der Waals surface area contributed by atoms with Gasteiger partial charge in [0.25, 0.3) is 0 Å². The van der Waals surface area contributed by atoms with Gasteiger partial charge in [0.05, 0.1) is 5.41 Å². The normalized spacial score (nSPS) is 19.6. The standard InChI is InChI=1S/C30H39N2O/c1-29(2)23-15-8-10-17-25(23)31(5)27(29)19-14-20-28-30(3,4)24-16-9-11-18-26(24)32(28)21-12-6-7-13-22-33/h8-11,14-20,33H,6-7,12-13,21-22H2,1-5H3/q+1. The number of allylic oxidation sites excluding steroid dienone is 4. The molecule has 2 heterocycles. The minimum atomic E-state index is -0.0310. The highest BCUT2D eigenvalue weighted by atomic mass is 16.2. The minimum absolute atomic E-state index is 0.0130. The van der Waals surface area contributed by atoms with Gasteiger partial charge in [0.15, 0.2) is 5.71 Å². The van der Waals surface area contributed by atoms with Crippen LogP contribution in [0, 0.1) is 0 Å². The topological polar surface area (TPSA) is 26.5 Å². The lowest BCUT2D eigenvalue weighted by Gasteiger charge is -2.27. The summed E-state index contributed by atoms with van der Waals surface area (Å²) in [7, 11) is 2.18. The predicted molar refractivity (Wildman–Crippen MR) is 140 cm³/mol. The molecule has 2 aromatic rings. The van der Waals surface area contributed by atoms with E-state index in [2.05, 4.69) is 111 Å². The number of para-hydroxylation sites is 2. The number of aliphatic hydroxyl groups excluding tert-OH is 1. The Balaban J connectivity index is 1.63. The Kier molecular flexibility index (Phi) is 6.63. The fourth-order valence-electron chi connectivity index (χ4n) is 5.65. The number of nitrogens with zero attached hydrogens (tertiary/aromatic N) is 2. The summed E-state index contributed by atoms with van der Waals surface area (Å²) in [6, 6.07) is 17.6. The Bertz CT molecular complexity index is 1100. The maximum Gasteiger partial charge on any atom is 0.209 e. The SMILES string of the molecule is C[N+]1=C(/C=C/C=C2\N(CCCCCCO)c3ccccc3C2(C)C)C(C)(C)c2ccccc21. The lowest BCUT2D eigenvalue weighted by Crippen LogP contribution is -2.27. The third kappa shape index (κ3) is 4.19. The van der Waals surface area contributed by atoms with Gasteiger partial charge in [-0.25, -0.2) is 0 Å². The molecule has 0 saturated heterocycles. The summed E-state index contributed by atoms with van der Waals surface area (Å²) in [5.74, 6) is 0. The number of aliphatic hydroxyl groups is 1. The number of anilines is 1. The van der Waals surface area contributed by atoms with Crippen LogP contribution < -0.4 is 4.90 Å². The molecular formula is C30H39N2O+. The van der Waals surface area contributed by atoms with Gasteiger partial charge in [-0.05, 0) is 44.4 Å². The largest absolute Gasteiger partial charge is 0.396 e. The van der Waals surface area contributed by atoms with Crippen LogP contribution in [0.25, 0.3) is 0 Å². The number of benzene rings is 2. The number of rotatable bonds is 8. The van der Waals surface area contributed by atoms with Crippen molar-refractivity contribution >= 4 is 17.1 Å². The molecule has 2 aromatic carbocycles. The highest BCUT2D eigenvalue weighted by molar-refractivity contribution is 6.03. The Morgan fingerprint density at radius 3 is 2.24 bits per heavy atom. The zero-order valence-corrected chi connectivity index (χ0v) is 20.9. The zero-order valence-electron chi connectivity index (χ0n) is 20.9. The van der Waals surface area contributed by atoms with Gasteiger partial charge >= 0.3 is 0 Å². The van der Waals surface area contributed by atoms with Crippen molar-refractivity contribution in [1.82, 2.24) is 0 Å². The molecule has 0 spiro atoms. The number of hydrogen-bond acceptors (Lipinski definition) is 2. The maximum atomic E-state index is 9.09. The first kappa shape index (κ1) is 23.5. The summed E-state index contributed by atoms with van der Waals surface area (Å²) in [5, 5.41) is 9.09. The summed E-state index contributed by atoms with van der Waals surface area (Å²) < 4.78 is 2.33. The second-order valence-corrected chi connectivity index (χ2v) is 10.4. The predicted octanol–water partition coefficient (Wildman–Crippen LogP) is 6.48. The lowest BCUT2D eigenvalue weighted by molar-refractivity contribution is -0.401. The molecule has 1 N–H and O–H groups in total. The van der Waals surface area contributed by atoms with Crippen molar-refractivity contribution in [2.24, 2.45) is 0 Å². The van der Waals surface area contributed by atoms with Crippen LogP contribution in [0.1, 0.15) is 64.5 Å². The molecule has 0 aliphatic carbocycles. The molecule has 0 aromatic heterocycles. The van der Waals surface area contributed by atoms with Crippen LogP contribution in [0.4, 0.5) is 11.4 Å². The number of hydrogen-bond donors (Lipinski definition) is 1. The first-order chi connectivity index (χ1) is 15.8. The quantitative estimate of drug-likeness (QED) is 0.373. The smallest absolute Gasteiger partial charge is 0.209 e. The number of unbranched alkanes of at least 4 members (excludes halogenated alkanes) is 3. The van der Waals surface area contributed by atoms with E-state index in [0.717, 1.165) is 32.2 Å². The van der Waals surface area contributed by atoms with Crippen LogP contribution in [-0.4, -0.2) is 35.6 Å². The van der Waals surface area contributed by atoms with Gasteiger partial charge in [-0.15, -0.1) is 0 Å². The maximum absolute atomic E-state index is 9.09. The van der Waals surface area contributed by atoms with E-state index in [1.807, 2.05) is 0 Å². The van der Waals surface area contributed by atoms with E-state index in [-0.39, 0.29) is 10.8 Å². The highest BCUT2D eigenvalue weighted by Gasteiger charge is 2.43. The van der Waals surface area contributed by atoms with Crippen LogP contribution in [0.5, 0.6) is 0 Å². The molecule has 174 valence electrons. The van der Waals surface area contributed by atoms with Gasteiger partial charge in [-0.2, -0.15) is 4.58 Å². The third-order valence-electron chi connectivity index (χ3n) is 7.54. The molecule has 0 amide bonds.